The summed E-state index contributed by atoms with van der Waals surface area (Å²) in [5, 5.41) is 10.9. The average Bonchev–Trinajstić information content (AvgIpc) is 2.43. The van der Waals surface area contributed by atoms with E-state index in [1.54, 1.807) is 24.0 Å². The molecule has 2 rings (SSSR count). The van der Waals surface area contributed by atoms with Crippen LogP contribution in [-0.2, 0) is 20.9 Å². The number of hydrogen-bond donors (Lipinski definition) is 2. The molecule has 0 radical (unpaired) electrons. The van der Waals surface area contributed by atoms with Crippen molar-refractivity contribution in [1.82, 2.24) is 10.2 Å². The Labute approximate surface area is 122 Å². The summed E-state index contributed by atoms with van der Waals surface area (Å²) in [4.78, 5) is 35.2. The van der Waals surface area contributed by atoms with Gasteiger partial charge in [-0.05, 0) is 24.1 Å². The molecule has 1 fully saturated rings. The Balaban J connectivity index is 2.04. The van der Waals surface area contributed by atoms with Crippen LogP contribution in [0.4, 0.5) is 0 Å². The van der Waals surface area contributed by atoms with Crippen LogP contribution in [0.2, 0.25) is 0 Å². The fourth-order valence-electron chi connectivity index (χ4n) is 2.10. The zero-order valence-electron chi connectivity index (χ0n) is 11.6. The van der Waals surface area contributed by atoms with Crippen molar-refractivity contribution in [2.24, 2.45) is 0 Å². The lowest BCUT2D eigenvalue weighted by Crippen LogP contribution is -2.56. The molecule has 6 heteroatoms. The summed E-state index contributed by atoms with van der Waals surface area (Å²) < 4.78 is 0. The van der Waals surface area contributed by atoms with E-state index >= 15 is 0 Å². The molecule has 0 bridgehead atoms. The number of benzene rings is 1. The lowest BCUT2D eigenvalue weighted by atomic mass is 10.1. The highest BCUT2D eigenvalue weighted by atomic mass is 16.4. The highest BCUT2D eigenvalue weighted by Crippen LogP contribution is 2.13. The molecule has 0 aliphatic carbocycles. The Hall–Kier alpha value is -2.47. The number of nitrogens with zero attached hydrogens (tertiary/aromatic N) is 1. The van der Waals surface area contributed by atoms with E-state index in [1.807, 2.05) is 12.1 Å². The van der Waals surface area contributed by atoms with E-state index < -0.39 is 5.97 Å². The van der Waals surface area contributed by atoms with Crippen molar-refractivity contribution in [3.63, 3.8) is 0 Å². The van der Waals surface area contributed by atoms with Crippen LogP contribution in [0, 0.1) is 0 Å². The van der Waals surface area contributed by atoms with Crippen molar-refractivity contribution in [1.29, 1.82) is 0 Å². The maximum atomic E-state index is 11.6. The van der Waals surface area contributed by atoms with Crippen LogP contribution in [0.3, 0.4) is 0 Å². The Morgan fingerprint density at radius 1 is 1.38 bits per heavy atom. The van der Waals surface area contributed by atoms with Gasteiger partial charge in [0.2, 0.25) is 11.8 Å². The molecule has 110 valence electrons. The van der Waals surface area contributed by atoms with Gasteiger partial charge in [0.25, 0.3) is 0 Å². The summed E-state index contributed by atoms with van der Waals surface area (Å²) in [7, 11) is 0. The maximum Gasteiger partial charge on any atom is 0.328 e. The zero-order valence-corrected chi connectivity index (χ0v) is 11.6. The number of hydrogen-bond acceptors (Lipinski definition) is 4. The van der Waals surface area contributed by atoms with E-state index in [1.165, 1.54) is 6.08 Å². The van der Waals surface area contributed by atoms with Crippen molar-refractivity contribution in [2.45, 2.75) is 19.5 Å². The predicted octanol–water partition coefficient (Wildman–Crippen LogP) is 0.631. The first-order valence-electron chi connectivity index (χ1n) is 6.53. The Bertz CT molecular complexity index is 592. The molecule has 1 aliphatic rings. The van der Waals surface area contributed by atoms with E-state index in [2.05, 4.69) is 5.32 Å². The first-order chi connectivity index (χ1) is 9.95. The van der Waals surface area contributed by atoms with Crippen molar-refractivity contribution in [3.8, 4) is 0 Å². The molecule has 1 heterocycles. The molecule has 0 aromatic heterocycles. The number of nitrogens with one attached hydrogen (secondary N) is 1. The van der Waals surface area contributed by atoms with Gasteiger partial charge in [0.1, 0.15) is 0 Å². The Morgan fingerprint density at radius 2 is 2.05 bits per heavy atom. The normalized spacial score (nSPS) is 19.8. The summed E-state index contributed by atoms with van der Waals surface area (Å²) in [6.45, 7) is 2.43. The molecule has 21 heavy (non-hydrogen) atoms. The van der Waals surface area contributed by atoms with Crippen LogP contribution in [-0.4, -0.2) is 40.4 Å². The van der Waals surface area contributed by atoms with E-state index in [4.69, 9.17) is 5.11 Å². The largest absolute Gasteiger partial charge is 0.478 e. The number of imide groups is 1. The number of carboxylic acids is 1. The van der Waals surface area contributed by atoms with Crippen LogP contribution in [0.1, 0.15) is 18.1 Å². The number of carbonyl (C=O) groups excluding carboxylic acids is 2. The van der Waals surface area contributed by atoms with Crippen molar-refractivity contribution in [3.05, 3.63) is 41.5 Å². The van der Waals surface area contributed by atoms with E-state index in [9.17, 15) is 14.4 Å². The van der Waals surface area contributed by atoms with Gasteiger partial charge in [0, 0.05) is 12.6 Å². The zero-order chi connectivity index (χ0) is 15.4. The highest BCUT2D eigenvalue weighted by Gasteiger charge is 2.29. The van der Waals surface area contributed by atoms with Gasteiger partial charge in [-0.2, -0.15) is 0 Å². The number of piperazine rings is 1. The van der Waals surface area contributed by atoms with Gasteiger partial charge < -0.3 is 5.11 Å². The minimum atomic E-state index is -0.995. The monoisotopic (exact) mass is 288 g/mol. The molecule has 1 saturated heterocycles. The van der Waals surface area contributed by atoms with Gasteiger partial charge in [-0.3, -0.25) is 19.8 Å². The van der Waals surface area contributed by atoms with Gasteiger partial charge in [0.05, 0.1) is 12.6 Å². The third-order valence-corrected chi connectivity index (χ3v) is 3.32. The number of carboxylic acid groups (broad SMARTS) is 1. The molecule has 1 aromatic rings. The second-order valence-electron chi connectivity index (χ2n) is 4.91. The summed E-state index contributed by atoms with van der Waals surface area (Å²) >= 11 is 0. The topological polar surface area (TPSA) is 86.7 Å². The van der Waals surface area contributed by atoms with Gasteiger partial charge in [-0.15, -0.1) is 0 Å². The standard InChI is InChI=1S/C15H16N2O4/c1-10-15(21)16-13(18)9-17(10)8-12-4-2-11(3-5-12)6-7-14(19)20/h2-7,10H,8-9H2,1H3,(H,19,20)(H,16,18,21). The van der Waals surface area contributed by atoms with E-state index in [0.29, 0.717) is 6.54 Å². The van der Waals surface area contributed by atoms with Crippen LogP contribution in [0.25, 0.3) is 6.08 Å². The Kier molecular flexibility index (Phi) is 4.49. The molecule has 0 saturated carbocycles. The molecule has 1 aliphatic heterocycles. The molecule has 2 amide bonds. The lowest BCUT2D eigenvalue weighted by Gasteiger charge is -2.31. The molecule has 1 unspecified atom stereocenters. The SMILES string of the molecule is CC1C(=O)NC(=O)CN1Cc1ccc(C=CC(=O)O)cc1. The second-order valence-corrected chi connectivity index (χ2v) is 4.91. The molecule has 2 N–H and O–H groups in total. The Morgan fingerprint density at radius 3 is 2.67 bits per heavy atom. The second kappa shape index (κ2) is 6.32. The third-order valence-electron chi connectivity index (χ3n) is 3.32. The average molecular weight is 288 g/mol. The highest BCUT2D eigenvalue weighted by molar-refractivity contribution is 6.00. The fourth-order valence-corrected chi connectivity index (χ4v) is 2.10. The number of aliphatic carboxylic acids is 1. The van der Waals surface area contributed by atoms with Gasteiger partial charge in [-0.1, -0.05) is 24.3 Å². The maximum absolute atomic E-state index is 11.6. The predicted molar refractivity (Wildman–Crippen MR) is 76.1 cm³/mol. The summed E-state index contributed by atoms with van der Waals surface area (Å²) in [6.07, 6.45) is 2.58. The quantitative estimate of drug-likeness (QED) is 0.627. The number of rotatable bonds is 4. The minimum absolute atomic E-state index is 0.188. The van der Waals surface area contributed by atoms with Crippen molar-refractivity contribution >= 4 is 23.9 Å². The lowest BCUT2D eigenvalue weighted by molar-refractivity contribution is -0.140. The van der Waals surface area contributed by atoms with E-state index in [0.717, 1.165) is 17.2 Å². The minimum Gasteiger partial charge on any atom is -0.478 e. The molecule has 0 spiro atoms. The van der Waals surface area contributed by atoms with Crippen LogP contribution < -0.4 is 5.32 Å². The third kappa shape index (κ3) is 4.00. The summed E-state index contributed by atoms with van der Waals surface area (Å²) in [5.74, 6) is -1.57. The summed E-state index contributed by atoms with van der Waals surface area (Å²) in [5.41, 5.74) is 1.73. The molecular formula is C15H16N2O4. The first-order valence-corrected chi connectivity index (χ1v) is 6.53. The van der Waals surface area contributed by atoms with Crippen molar-refractivity contribution < 1.29 is 19.5 Å². The van der Waals surface area contributed by atoms with E-state index in [-0.39, 0.29) is 24.4 Å². The number of carbonyl (C=O) groups is 3. The van der Waals surface area contributed by atoms with Crippen LogP contribution in [0.5, 0.6) is 0 Å². The smallest absolute Gasteiger partial charge is 0.328 e. The fraction of sp³-hybridized carbons (Fsp3) is 0.267. The van der Waals surface area contributed by atoms with Gasteiger partial charge in [-0.25, -0.2) is 4.79 Å². The first kappa shape index (κ1) is 14.9. The number of amides is 2. The van der Waals surface area contributed by atoms with Gasteiger partial charge in [0.15, 0.2) is 0 Å². The molecule has 1 atom stereocenters. The summed E-state index contributed by atoms with van der Waals surface area (Å²) in [6, 6.07) is 6.95. The molecule has 6 nitrogen and oxygen atoms in total. The van der Waals surface area contributed by atoms with Crippen LogP contribution >= 0.6 is 0 Å². The van der Waals surface area contributed by atoms with Gasteiger partial charge >= 0.3 is 5.97 Å². The molecule has 1 aromatic carbocycles. The molecular weight excluding hydrogens is 272 g/mol. The van der Waals surface area contributed by atoms with Crippen molar-refractivity contribution in [2.75, 3.05) is 6.54 Å². The van der Waals surface area contributed by atoms with Crippen LogP contribution in [0.15, 0.2) is 30.3 Å².